The first-order chi connectivity index (χ1) is 16.5. The molecular weight excluding hydrogens is 450 g/mol. The van der Waals surface area contributed by atoms with Gasteiger partial charge >= 0.3 is 6.03 Å². The minimum atomic E-state index is -0.886. The molecule has 0 aliphatic carbocycles. The lowest BCUT2D eigenvalue weighted by atomic mass is 10.1. The number of aryl methyl sites for hydroxylation is 1. The highest BCUT2D eigenvalue weighted by atomic mass is 32.1. The number of carbonyl (C=O) groups excluding carboxylic acids is 3. The summed E-state index contributed by atoms with van der Waals surface area (Å²) in [6.45, 7) is 4.87. The predicted molar refractivity (Wildman–Crippen MR) is 133 cm³/mol. The van der Waals surface area contributed by atoms with Crippen molar-refractivity contribution < 1.29 is 19.1 Å². The quantitative estimate of drug-likeness (QED) is 0.429. The molecule has 176 valence electrons. The molecule has 7 nitrogen and oxygen atoms in total. The first-order valence-corrected chi connectivity index (χ1v) is 12.1. The Bertz CT molecular complexity index is 1140. The molecule has 2 aromatic carbocycles. The van der Waals surface area contributed by atoms with Crippen molar-refractivity contribution in [3.63, 3.8) is 0 Å². The van der Waals surface area contributed by atoms with Crippen LogP contribution in [0.1, 0.15) is 30.2 Å². The maximum Gasteiger partial charge on any atom is 0.332 e. The number of thiophene rings is 1. The van der Waals surface area contributed by atoms with Gasteiger partial charge in [0.15, 0.2) is 0 Å². The molecule has 0 radical (unpaired) electrons. The molecule has 34 heavy (non-hydrogen) atoms. The number of urea groups is 1. The second-order valence-electron chi connectivity index (χ2n) is 8.14. The Morgan fingerprint density at radius 1 is 1.06 bits per heavy atom. The van der Waals surface area contributed by atoms with Gasteiger partial charge in [0.05, 0.1) is 25.3 Å². The molecule has 8 heteroatoms. The molecule has 1 aliphatic heterocycles. The lowest BCUT2D eigenvalue weighted by Gasteiger charge is -2.21. The van der Waals surface area contributed by atoms with Gasteiger partial charge in [0.1, 0.15) is 11.8 Å². The molecule has 1 saturated heterocycles. The Hall–Kier alpha value is -3.65. The van der Waals surface area contributed by atoms with E-state index in [1.54, 1.807) is 36.4 Å². The number of anilines is 2. The zero-order valence-electron chi connectivity index (χ0n) is 19.2. The summed E-state index contributed by atoms with van der Waals surface area (Å²) in [5.74, 6) is -0.00790. The van der Waals surface area contributed by atoms with Gasteiger partial charge in [-0.05, 0) is 61.2 Å². The van der Waals surface area contributed by atoms with Crippen molar-refractivity contribution in [2.24, 2.45) is 0 Å². The fourth-order valence-corrected chi connectivity index (χ4v) is 4.46. The smallest absolute Gasteiger partial charge is 0.332 e. The second kappa shape index (κ2) is 10.5. The van der Waals surface area contributed by atoms with Crippen LogP contribution in [0.15, 0.2) is 66.0 Å². The zero-order chi connectivity index (χ0) is 24.1. The third-order valence-corrected chi connectivity index (χ3v) is 6.37. The fraction of sp³-hybridized carbons (Fsp3) is 0.269. The van der Waals surface area contributed by atoms with Crippen LogP contribution >= 0.6 is 11.3 Å². The molecule has 1 N–H and O–H groups in total. The van der Waals surface area contributed by atoms with Crippen LogP contribution in [0.3, 0.4) is 0 Å². The van der Waals surface area contributed by atoms with E-state index in [9.17, 15) is 14.4 Å². The summed E-state index contributed by atoms with van der Waals surface area (Å²) in [5.41, 5.74) is 2.13. The Kier molecular flexibility index (Phi) is 7.27. The molecule has 1 aromatic heterocycles. The average molecular weight is 478 g/mol. The highest BCUT2D eigenvalue weighted by Gasteiger charge is 2.46. The van der Waals surface area contributed by atoms with Crippen molar-refractivity contribution in [3.8, 4) is 5.75 Å². The van der Waals surface area contributed by atoms with E-state index in [-0.39, 0.29) is 18.9 Å². The zero-order valence-corrected chi connectivity index (χ0v) is 20.0. The van der Waals surface area contributed by atoms with E-state index < -0.39 is 18.0 Å². The summed E-state index contributed by atoms with van der Waals surface area (Å²) in [6, 6.07) is 16.8. The molecule has 0 unspecified atom stereocenters. The standard InChI is InChI=1S/C26H27N3O4S/c1-3-14-33-21-12-8-19(9-13-21)27-24(30)16-23-25(31)29(20-10-6-18(2)7-11-20)26(32)28(23)17-22-5-4-15-34-22/h4-13,15,23H,3,14,16-17H2,1-2H3,(H,27,30)/t23-/m1/s1. The number of nitrogens with zero attached hydrogens (tertiary/aromatic N) is 2. The molecule has 2 heterocycles. The van der Waals surface area contributed by atoms with Crippen molar-refractivity contribution in [2.45, 2.75) is 39.3 Å². The molecule has 3 aromatic rings. The highest BCUT2D eigenvalue weighted by molar-refractivity contribution is 7.09. The van der Waals surface area contributed by atoms with E-state index in [4.69, 9.17) is 4.74 Å². The molecular formula is C26H27N3O4S. The summed E-state index contributed by atoms with van der Waals surface area (Å²) in [7, 11) is 0. The monoisotopic (exact) mass is 477 g/mol. The van der Waals surface area contributed by atoms with Crippen LogP contribution in [0.5, 0.6) is 5.75 Å². The van der Waals surface area contributed by atoms with Crippen molar-refractivity contribution >= 4 is 40.6 Å². The van der Waals surface area contributed by atoms with Crippen molar-refractivity contribution in [3.05, 3.63) is 76.5 Å². The van der Waals surface area contributed by atoms with Crippen molar-refractivity contribution in [2.75, 3.05) is 16.8 Å². The Balaban J connectivity index is 1.51. The number of imide groups is 1. The van der Waals surface area contributed by atoms with Crippen LogP contribution in [0.2, 0.25) is 0 Å². The topological polar surface area (TPSA) is 79.0 Å². The first-order valence-electron chi connectivity index (χ1n) is 11.2. The number of ether oxygens (including phenoxy) is 1. The summed E-state index contributed by atoms with van der Waals surface area (Å²) in [6.07, 6.45) is 0.778. The summed E-state index contributed by atoms with van der Waals surface area (Å²) >= 11 is 1.51. The van der Waals surface area contributed by atoms with E-state index >= 15 is 0 Å². The maximum absolute atomic E-state index is 13.3. The number of hydrogen-bond acceptors (Lipinski definition) is 5. The Morgan fingerprint density at radius 3 is 2.44 bits per heavy atom. The van der Waals surface area contributed by atoms with Crippen LogP contribution in [0, 0.1) is 6.92 Å². The molecule has 4 rings (SSSR count). The van der Waals surface area contributed by atoms with Gasteiger partial charge in [0.25, 0.3) is 5.91 Å². The van der Waals surface area contributed by atoms with Gasteiger partial charge in [-0.15, -0.1) is 11.3 Å². The number of rotatable bonds is 9. The van der Waals surface area contributed by atoms with E-state index in [0.29, 0.717) is 18.0 Å². The third kappa shape index (κ3) is 5.28. The minimum Gasteiger partial charge on any atom is -0.494 e. The second-order valence-corrected chi connectivity index (χ2v) is 9.17. The van der Waals surface area contributed by atoms with Gasteiger partial charge in [-0.25, -0.2) is 9.69 Å². The minimum absolute atomic E-state index is 0.133. The van der Waals surface area contributed by atoms with Gasteiger partial charge in [0, 0.05) is 10.6 Å². The van der Waals surface area contributed by atoms with Crippen molar-refractivity contribution in [1.29, 1.82) is 0 Å². The maximum atomic E-state index is 13.3. The lowest BCUT2D eigenvalue weighted by molar-refractivity contribution is -0.124. The van der Waals surface area contributed by atoms with E-state index in [2.05, 4.69) is 5.32 Å². The number of benzene rings is 2. The number of hydrogen-bond donors (Lipinski definition) is 1. The van der Waals surface area contributed by atoms with Gasteiger partial charge in [-0.3, -0.25) is 9.59 Å². The van der Waals surface area contributed by atoms with E-state index in [1.807, 2.05) is 43.5 Å². The Labute approximate surface area is 202 Å². The molecule has 1 atom stereocenters. The van der Waals surface area contributed by atoms with Crippen LogP contribution in [-0.2, 0) is 16.1 Å². The summed E-state index contributed by atoms with van der Waals surface area (Å²) in [5, 5.41) is 4.75. The fourth-order valence-electron chi connectivity index (χ4n) is 3.76. The van der Waals surface area contributed by atoms with Gasteiger partial charge in [0.2, 0.25) is 5.91 Å². The van der Waals surface area contributed by atoms with Gasteiger partial charge in [-0.1, -0.05) is 30.7 Å². The van der Waals surface area contributed by atoms with Crippen molar-refractivity contribution in [1.82, 2.24) is 4.90 Å². The lowest BCUT2D eigenvalue weighted by Crippen LogP contribution is -2.37. The molecule has 0 saturated carbocycles. The van der Waals surface area contributed by atoms with Crippen LogP contribution in [-0.4, -0.2) is 35.4 Å². The SMILES string of the molecule is CCCOc1ccc(NC(=O)C[C@@H]2C(=O)N(c3ccc(C)cc3)C(=O)N2Cc2cccs2)cc1. The third-order valence-electron chi connectivity index (χ3n) is 5.51. The summed E-state index contributed by atoms with van der Waals surface area (Å²) < 4.78 is 5.57. The van der Waals surface area contributed by atoms with Crippen LogP contribution < -0.4 is 15.0 Å². The van der Waals surface area contributed by atoms with Crippen LogP contribution in [0.4, 0.5) is 16.2 Å². The normalized spacial score (nSPS) is 15.6. The van der Waals surface area contributed by atoms with E-state index in [0.717, 1.165) is 22.6 Å². The highest BCUT2D eigenvalue weighted by Crippen LogP contribution is 2.29. The van der Waals surface area contributed by atoms with Gasteiger partial charge in [-0.2, -0.15) is 0 Å². The number of amides is 4. The molecule has 0 bridgehead atoms. The number of carbonyl (C=O) groups is 3. The Morgan fingerprint density at radius 2 is 1.79 bits per heavy atom. The first kappa shape index (κ1) is 23.5. The molecule has 4 amide bonds. The molecule has 1 fully saturated rings. The van der Waals surface area contributed by atoms with Crippen LogP contribution in [0.25, 0.3) is 0 Å². The largest absolute Gasteiger partial charge is 0.494 e. The van der Waals surface area contributed by atoms with E-state index in [1.165, 1.54) is 21.1 Å². The molecule has 1 aliphatic rings. The average Bonchev–Trinajstić information content (AvgIpc) is 3.42. The molecule has 0 spiro atoms. The van der Waals surface area contributed by atoms with Gasteiger partial charge < -0.3 is 15.0 Å². The predicted octanol–water partition coefficient (Wildman–Crippen LogP) is 5.21. The summed E-state index contributed by atoms with van der Waals surface area (Å²) in [4.78, 5) is 43.1. The number of nitrogens with one attached hydrogen (secondary N) is 1.